The van der Waals surface area contributed by atoms with Gasteiger partial charge in [-0.15, -0.1) is 0 Å². The van der Waals surface area contributed by atoms with Crippen LogP contribution in [0.4, 0.5) is 26.3 Å². The van der Waals surface area contributed by atoms with Crippen LogP contribution in [-0.4, -0.2) is 31.4 Å². The minimum atomic E-state index is -4.38. The summed E-state index contributed by atoms with van der Waals surface area (Å²) in [6, 6.07) is 0. The van der Waals surface area contributed by atoms with E-state index in [4.69, 9.17) is 9.47 Å². The zero-order valence-corrected chi connectivity index (χ0v) is 15.9. The summed E-state index contributed by atoms with van der Waals surface area (Å²) in [5, 5.41) is 0. The Morgan fingerprint density at radius 3 is 1.58 bits per heavy atom. The number of hydrogen-bond acceptors (Lipinski definition) is 2. The summed E-state index contributed by atoms with van der Waals surface area (Å²) in [5.74, 6) is -1.77. The predicted molar refractivity (Wildman–Crippen MR) is 88.8 cm³/mol. The maximum Gasteiger partial charge on any atom is 0.391 e. The van der Waals surface area contributed by atoms with Crippen LogP contribution in [0.2, 0.25) is 0 Å². The highest BCUT2D eigenvalue weighted by molar-refractivity contribution is 4.73. The van der Waals surface area contributed by atoms with Crippen molar-refractivity contribution in [3.63, 3.8) is 0 Å². The molecule has 0 fully saturated rings. The summed E-state index contributed by atoms with van der Waals surface area (Å²) in [4.78, 5) is 0. The van der Waals surface area contributed by atoms with E-state index in [1.807, 2.05) is 0 Å². The van der Waals surface area contributed by atoms with Crippen molar-refractivity contribution in [1.82, 2.24) is 0 Å². The number of hydrogen-bond donors (Lipinski definition) is 0. The number of ether oxygens (including phenoxy) is 2. The molecule has 0 bridgehead atoms. The first-order valence-electron chi connectivity index (χ1n) is 9.31. The molecule has 8 heteroatoms. The van der Waals surface area contributed by atoms with Gasteiger partial charge in [-0.05, 0) is 13.3 Å². The van der Waals surface area contributed by atoms with Crippen LogP contribution in [0.5, 0.6) is 0 Å². The van der Waals surface area contributed by atoms with Gasteiger partial charge in [-0.1, -0.05) is 52.4 Å². The van der Waals surface area contributed by atoms with E-state index in [2.05, 4.69) is 6.92 Å². The van der Waals surface area contributed by atoms with Gasteiger partial charge in [-0.3, -0.25) is 0 Å². The molecule has 0 N–H and O–H groups in total. The molecule has 0 aliphatic rings. The molecule has 0 aromatic heterocycles. The molecule has 0 aliphatic carbocycles. The first-order chi connectivity index (χ1) is 11.9. The highest BCUT2D eigenvalue weighted by Gasteiger charge is 2.37. The van der Waals surface area contributed by atoms with Crippen LogP contribution in [0.25, 0.3) is 0 Å². The van der Waals surface area contributed by atoms with Crippen LogP contribution in [0.3, 0.4) is 0 Å². The van der Waals surface area contributed by atoms with Crippen LogP contribution in [0.1, 0.15) is 78.6 Å². The fraction of sp³-hybridized carbons (Fsp3) is 1.00. The van der Waals surface area contributed by atoms with Gasteiger partial charge in [0.05, 0.1) is 26.1 Å². The van der Waals surface area contributed by atoms with Crippen LogP contribution in [0, 0.1) is 5.92 Å². The van der Waals surface area contributed by atoms with E-state index >= 15 is 0 Å². The molecule has 0 aromatic carbocycles. The quantitative estimate of drug-likeness (QED) is 0.179. The van der Waals surface area contributed by atoms with Crippen molar-refractivity contribution in [2.24, 2.45) is 5.92 Å². The number of unbranched alkanes of at least 4 members (excludes halogenated alkanes) is 5. The summed E-state index contributed by atoms with van der Waals surface area (Å²) in [6.45, 7) is 4.03. The lowest BCUT2D eigenvalue weighted by molar-refractivity contribution is -0.272. The minimum absolute atomic E-state index is 0.310. The van der Waals surface area contributed by atoms with Crippen molar-refractivity contribution in [2.45, 2.75) is 96.7 Å². The second kappa shape index (κ2) is 12.1. The van der Waals surface area contributed by atoms with Crippen LogP contribution >= 0.6 is 0 Å². The minimum Gasteiger partial charge on any atom is -0.350 e. The van der Waals surface area contributed by atoms with Gasteiger partial charge in [-0.25, -0.2) is 0 Å². The second-order valence-corrected chi connectivity index (χ2v) is 6.90. The van der Waals surface area contributed by atoms with E-state index in [1.54, 1.807) is 6.92 Å². The number of rotatable bonds is 14. The van der Waals surface area contributed by atoms with E-state index < -0.39 is 44.2 Å². The van der Waals surface area contributed by atoms with Crippen LogP contribution < -0.4 is 0 Å². The molecule has 0 rings (SSSR count). The largest absolute Gasteiger partial charge is 0.391 e. The van der Waals surface area contributed by atoms with Gasteiger partial charge in [0, 0.05) is 5.92 Å². The maximum atomic E-state index is 12.3. The average Bonchev–Trinajstić information content (AvgIpc) is 2.47. The van der Waals surface area contributed by atoms with Crippen molar-refractivity contribution < 1.29 is 35.8 Å². The Morgan fingerprint density at radius 1 is 0.731 bits per heavy atom. The van der Waals surface area contributed by atoms with E-state index in [-0.39, 0.29) is 5.92 Å². The molecule has 0 heterocycles. The molecule has 0 amide bonds. The van der Waals surface area contributed by atoms with Gasteiger partial charge in [0.2, 0.25) is 0 Å². The lowest BCUT2D eigenvalue weighted by Gasteiger charge is -2.36. The molecule has 0 aromatic rings. The molecule has 0 radical (unpaired) electrons. The van der Waals surface area contributed by atoms with Crippen LogP contribution in [-0.2, 0) is 9.47 Å². The topological polar surface area (TPSA) is 18.5 Å². The molecule has 2 nitrogen and oxygen atoms in total. The van der Waals surface area contributed by atoms with E-state index in [1.165, 1.54) is 6.92 Å². The normalized spacial score (nSPS) is 14.7. The van der Waals surface area contributed by atoms with Crippen molar-refractivity contribution in [3.05, 3.63) is 0 Å². The standard InChI is InChI=1S/C18H32F6O2/c1-4-5-6-7-8-9-10-15(2)16(3,25-13-11-17(19,20)21)26-14-12-18(22,23)24/h15H,4-14H2,1-3H3. The molecule has 1 atom stereocenters. The third-order valence-corrected chi connectivity index (χ3v) is 4.43. The van der Waals surface area contributed by atoms with Crippen LogP contribution in [0.15, 0.2) is 0 Å². The summed E-state index contributed by atoms with van der Waals surface area (Å²) in [7, 11) is 0. The smallest absolute Gasteiger partial charge is 0.350 e. The first kappa shape index (κ1) is 25.5. The van der Waals surface area contributed by atoms with Crippen molar-refractivity contribution in [1.29, 1.82) is 0 Å². The fourth-order valence-corrected chi connectivity index (χ4v) is 2.56. The maximum absolute atomic E-state index is 12.3. The van der Waals surface area contributed by atoms with Gasteiger partial charge in [0.25, 0.3) is 0 Å². The summed E-state index contributed by atoms with van der Waals surface area (Å²) >= 11 is 0. The summed E-state index contributed by atoms with van der Waals surface area (Å²) < 4.78 is 84.5. The molecule has 0 saturated heterocycles. The van der Waals surface area contributed by atoms with Crippen molar-refractivity contribution in [2.75, 3.05) is 13.2 Å². The van der Waals surface area contributed by atoms with Gasteiger partial charge < -0.3 is 9.47 Å². The highest BCUT2D eigenvalue weighted by Crippen LogP contribution is 2.31. The van der Waals surface area contributed by atoms with Crippen molar-refractivity contribution >= 4 is 0 Å². The number of halogens is 6. The lowest BCUT2D eigenvalue weighted by atomic mass is 9.94. The van der Waals surface area contributed by atoms with E-state index in [0.717, 1.165) is 38.5 Å². The number of alkyl halides is 6. The third kappa shape index (κ3) is 13.7. The summed E-state index contributed by atoms with van der Waals surface area (Å²) in [5.41, 5.74) is 0. The Balaban J connectivity index is 4.52. The zero-order chi connectivity index (χ0) is 20.3. The zero-order valence-electron chi connectivity index (χ0n) is 15.9. The molecule has 0 spiro atoms. The fourth-order valence-electron chi connectivity index (χ4n) is 2.56. The third-order valence-electron chi connectivity index (χ3n) is 4.43. The van der Waals surface area contributed by atoms with Gasteiger partial charge in [0.15, 0.2) is 5.79 Å². The van der Waals surface area contributed by atoms with Gasteiger partial charge >= 0.3 is 12.4 Å². The van der Waals surface area contributed by atoms with E-state index in [0.29, 0.717) is 6.42 Å². The van der Waals surface area contributed by atoms with Crippen molar-refractivity contribution in [3.8, 4) is 0 Å². The van der Waals surface area contributed by atoms with E-state index in [9.17, 15) is 26.3 Å². The molecule has 26 heavy (non-hydrogen) atoms. The van der Waals surface area contributed by atoms with Gasteiger partial charge in [-0.2, -0.15) is 26.3 Å². The second-order valence-electron chi connectivity index (χ2n) is 6.90. The molecule has 1 unspecified atom stereocenters. The molecular formula is C18H32F6O2. The monoisotopic (exact) mass is 394 g/mol. The lowest BCUT2D eigenvalue weighted by Crippen LogP contribution is -2.41. The molecule has 0 saturated carbocycles. The Kier molecular flexibility index (Phi) is 11.8. The molecular weight excluding hydrogens is 362 g/mol. The Hall–Kier alpha value is -0.500. The molecule has 158 valence electrons. The van der Waals surface area contributed by atoms with Gasteiger partial charge in [0.1, 0.15) is 0 Å². The predicted octanol–water partition coefficient (Wildman–Crippen LogP) is 7.03. The first-order valence-corrected chi connectivity index (χ1v) is 9.31. The Morgan fingerprint density at radius 2 is 1.15 bits per heavy atom. The Bertz CT molecular complexity index is 335. The SMILES string of the molecule is CCCCCCCCC(C)C(C)(OCCC(F)(F)F)OCCC(F)(F)F. The Labute approximate surface area is 152 Å². The summed E-state index contributed by atoms with van der Waals surface area (Å²) in [6.07, 6.45) is -4.14. The molecule has 0 aliphatic heterocycles. The highest BCUT2D eigenvalue weighted by atomic mass is 19.4. The average molecular weight is 394 g/mol.